The highest BCUT2D eigenvalue weighted by atomic mass is 32.1. The molecule has 2 aliphatic heterocycles. The fourth-order valence-corrected chi connectivity index (χ4v) is 5.85. The number of carbonyl (C=O) groups is 1. The average Bonchev–Trinajstić information content (AvgIpc) is 3.42. The van der Waals surface area contributed by atoms with Crippen LogP contribution in [0, 0.1) is 11.7 Å². The molecule has 154 valence electrons. The van der Waals surface area contributed by atoms with Crippen LogP contribution in [-0.2, 0) is 6.54 Å². The minimum absolute atomic E-state index is 0.0271. The zero-order chi connectivity index (χ0) is 20.5. The Balaban J connectivity index is 1.39. The lowest BCUT2D eigenvalue weighted by molar-refractivity contribution is 0.0614. The third kappa shape index (κ3) is 3.80. The first-order valence-corrected chi connectivity index (χ1v) is 11.5. The zero-order valence-corrected chi connectivity index (χ0v) is 17.6. The van der Waals surface area contributed by atoms with Crippen LogP contribution < -0.4 is 0 Å². The minimum atomic E-state index is -0.309. The summed E-state index contributed by atoms with van der Waals surface area (Å²) in [5, 5.41) is 4.35. The number of fused-ring (bicyclic) bond motifs is 1. The Morgan fingerprint density at radius 2 is 1.83 bits per heavy atom. The second-order valence-corrected chi connectivity index (χ2v) is 9.15. The predicted molar refractivity (Wildman–Crippen MR) is 118 cm³/mol. The van der Waals surface area contributed by atoms with Gasteiger partial charge in [0, 0.05) is 49.6 Å². The first kappa shape index (κ1) is 19.5. The van der Waals surface area contributed by atoms with Crippen molar-refractivity contribution in [1.82, 2.24) is 9.80 Å². The van der Waals surface area contributed by atoms with Gasteiger partial charge in [-0.2, -0.15) is 11.3 Å². The molecule has 3 aromatic rings. The van der Waals surface area contributed by atoms with Gasteiger partial charge in [-0.1, -0.05) is 30.3 Å². The largest absolute Gasteiger partial charge is 0.335 e. The molecule has 3 heterocycles. The molecule has 2 aliphatic rings. The molecule has 0 bridgehead atoms. The molecule has 0 aliphatic carbocycles. The first-order valence-electron chi connectivity index (χ1n) is 10.5. The van der Waals surface area contributed by atoms with Gasteiger partial charge in [0.2, 0.25) is 0 Å². The summed E-state index contributed by atoms with van der Waals surface area (Å²) in [6, 6.07) is 19.0. The van der Waals surface area contributed by atoms with Crippen LogP contribution >= 0.6 is 11.3 Å². The highest BCUT2D eigenvalue weighted by Crippen LogP contribution is 2.42. The predicted octanol–water partition coefficient (Wildman–Crippen LogP) is 5.02. The monoisotopic (exact) mass is 420 g/mol. The van der Waals surface area contributed by atoms with Crippen LogP contribution in [-0.4, -0.2) is 41.4 Å². The first-order chi connectivity index (χ1) is 14.7. The Morgan fingerprint density at radius 1 is 1.03 bits per heavy atom. The van der Waals surface area contributed by atoms with Gasteiger partial charge in [-0.25, -0.2) is 4.39 Å². The summed E-state index contributed by atoms with van der Waals surface area (Å²) in [7, 11) is 0. The van der Waals surface area contributed by atoms with E-state index in [9.17, 15) is 9.18 Å². The van der Waals surface area contributed by atoms with Crippen molar-refractivity contribution < 1.29 is 9.18 Å². The molecule has 0 unspecified atom stereocenters. The number of thiophene rings is 1. The third-order valence-electron chi connectivity index (χ3n) is 6.59. The molecule has 1 aromatic heterocycles. The van der Waals surface area contributed by atoms with E-state index in [-0.39, 0.29) is 17.8 Å². The summed E-state index contributed by atoms with van der Waals surface area (Å²) < 4.78 is 13.3. The van der Waals surface area contributed by atoms with Gasteiger partial charge in [-0.05, 0) is 58.6 Å². The lowest BCUT2D eigenvalue weighted by Gasteiger charge is -2.39. The van der Waals surface area contributed by atoms with E-state index in [2.05, 4.69) is 57.0 Å². The molecule has 0 saturated carbocycles. The number of piperidine rings is 1. The van der Waals surface area contributed by atoms with Crippen molar-refractivity contribution in [1.29, 1.82) is 0 Å². The summed E-state index contributed by atoms with van der Waals surface area (Å²) in [5.41, 5.74) is 3.25. The van der Waals surface area contributed by atoms with Gasteiger partial charge in [-0.3, -0.25) is 9.69 Å². The molecule has 30 heavy (non-hydrogen) atoms. The third-order valence-corrected chi connectivity index (χ3v) is 7.29. The van der Waals surface area contributed by atoms with E-state index in [0.717, 1.165) is 32.6 Å². The van der Waals surface area contributed by atoms with E-state index < -0.39 is 0 Å². The van der Waals surface area contributed by atoms with Gasteiger partial charge in [0.1, 0.15) is 5.82 Å². The Bertz CT molecular complexity index is 990. The second kappa shape index (κ2) is 8.32. The van der Waals surface area contributed by atoms with Crippen LogP contribution in [0.25, 0.3) is 0 Å². The van der Waals surface area contributed by atoms with Crippen molar-refractivity contribution in [3.8, 4) is 0 Å². The number of rotatable bonds is 4. The van der Waals surface area contributed by atoms with Gasteiger partial charge in [0.05, 0.1) is 0 Å². The van der Waals surface area contributed by atoms with Crippen molar-refractivity contribution in [2.75, 3.05) is 19.6 Å². The number of amides is 1. The van der Waals surface area contributed by atoms with Crippen molar-refractivity contribution in [2.45, 2.75) is 24.9 Å². The summed E-state index contributed by atoms with van der Waals surface area (Å²) in [6.45, 7) is 3.67. The molecule has 3 nitrogen and oxygen atoms in total. The fraction of sp³-hybridized carbons (Fsp3) is 0.320. The van der Waals surface area contributed by atoms with E-state index in [1.54, 1.807) is 23.5 Å². The fourth-order valence-electron chi connectivity index (χ4n) is 5.12. The molecule has 3 atom stereocenters. The van der Waals surface area contributed by atoms with Gasteiger partial charge < -0.3 is 4.90 Å². The van der Waals surface area contributed by atoms with Crippen LogP contribution in [0.3, 0.4) is 0 Å². The van der Waals surface area contributed by atoms with Crippen LogP contribution in [0.2, 0.25) is 0 Å². The van der Waals surface area contributed by atoms with Crippen molar-refractivity contribution in [3.63, 3.8) is 0 Å². The standard InChI is InChI=1S/C25H25FN2OS/c26-21-8-6-19(7-9-21)25(29)28-16-22(20-11-13-30-17-20)23-15-27(12-10-24(23)28)14-18-4-2-1-3-5-18/h1-9,11,13,17,22-24H,10,12,14-16H2/t22-,23-,24-/m0/s1. The van der Waals surface area contributed by atoms with Crippen molar-refractivity contribution in [2.24, 2.45) is 5.92 Å². The summed E-state index contributed by atoms with van der Waals surface area (Å²) in [6.07, 6.45) is 0.977. The van der Waals surface area contributed by atoms with Crippen LogP contribution in [0.1, 0.15) is 33.8 Å². The van der Waals surface area contributed by atoms with Gasteiger partial charge >= 0.3 is 0 Å². The highest BCUT2D eigenvalue weighted by molar-refractivity contribution is 7.08. The Labute approximate surface area is 180 Å². The summed E-state index contributed by atoms with van der Waals surface area (Å²) >= 11 is 1.72. The van der Waals surface area contributed by atoms with Crippen LogP contribution in [0.4, 0.5) is 4.39 Å². The second-order valence-electron chi connectivity index (χ2n) is 8.37. The molecule has 5 heteroatoms. The van der Waals surface area contributed by atoms with Crippen molar-refractivity contribution in [3.05, 3.63) is 93.9 Å². The molecule has 5 rings (SSSR count). The van der Waals surface area contributed by atoms with Crippen LogP contribution in [0.15, 0.2) is 71.4 Å². The van der Waals surface area contributed by atoms with E-state index in [0.29, 0.717) is 17.4 Å². The molecule has 2 saturated heterocycles. The number of hydrogen-bond acceptors (Lipinski definition) is 3. The Morgan fingerprint density at radius 3 is 2.57 bits per heavy atom. The number of benzene rings is 2. The van der Waals surface area contributed by atoms with Gasteiger partial charge in [0.25, 0.3) is 5.91 Å². The summed E-state index contributed by atoms with van der Waals surface area (Å²) in [5.74, 6) is 0.487. The zero-order valence-electron chi connectivity index (χ0n) is 16.8. The minimum Gasteiger partial charge on any atom is -0.335 e. The molecule has 0 N–H and O–H groups in total. The highest BCUT2D eigenvalue weighted by Gasteiger charge is 2.47. The van der Waals surface area contributed by atoms with E-state index in [1.165, 1.54) is 23.3 Å². The van der Waals surface area contributed by atoms with Crippen LogP contribution in [0.5, 0.6) is 0 Å². The van der Waals surface area contributed by atoms with E-state index in [4.69, 9.17) is 0 Å². The lowest BCUT2D eigenvalue weighted by Crippen LogP contribution is -2.47. The maximum absolute atomic E-state index is 13.3. The molecule has 0 radical (unpaired) electrons. The number of halogens is 1. The number of likely N-dealkylation sites (tertiary alicyclic amines) is 2. The van der Waals surface area contributed by atoms with Gasteiger partial charge in [-0.15, -0.1) is 0 Å². The molecule has 0 spiro atoms. The maximum Gasteiger partial charge on any atom is 0.254 e. The molecule has 1 amide bonds. The van der Waals surface area contributed by atoms with Crippen molar-refractivity contribution >= 4 is 17.2 Å². The average molecular weight is 421 g/mol. The molecule has 2 fully saturated rings. The normalized spacial score (nSPS) is 24.0. The summed E-state index contributed by atoms with van der Waals surface area (Å²) in [4.78, 5) is 17.9. The smallest absolute Gasteiger partial charge is 0.254 e. The maximum atomic E-state index is 13.3. The van der Waals surface area contributed by atoms with Gasteiger partial charge in [0.15, 0.2) is 0 Å². The number of nitrogens with zero attached hydrogens (tertiary/aromatic N) is 2. The number of carbonyl (C=O) groups excluding carboxylic acids is 1. The number of hydrogen-bond donors (Lipinski definition) is 0. The molecular formula is C25H25FN2OS. The Hall–Kier alpha value is -2.50. The topological polar surface area (TPSA) is 23.6 Å². The SMILES string of the molecule is O=C(c1ccc(F)cc1)N1C[C@@H](c2ccsc2)[C@@H]2CN(Cc3ccccc3)CC[C@@H]21. The molecule has 2 aromatic carbocycles. The lowest BCUT2D eigenvalue weighted by atomic mass is 9.82. The van der Waals surface area contributed by atoms with E-state index >= 15 is 0 Å². The van der Waals surface area contributed by atoms with E-state index in [1.807, 2.05) is 0 Å². The quantitative estimate of drug-likeness (QED) is 0.592. The molecular weight excluding hydrogens is 395 g/mol. The Kier molecular flexibility index (Phi) is 5.40.